The molecule has 0 radical (unpaired) electrons. The number of carbonyl (C=O) groups is 2. The lowest BCUT2D eigenvalue weighted by Crippen LogP contribution is -2.37. The Kier molecular flexibility index (Phi) is 5.69. The predicted molar refractivity (Wildman–Crippen MR) is 101 cm³/mol. The molecule has 140 valence electrons. The average molecular weight is 357 g/mol. The monoisotopic (exact) mass is 357 g/mol. The molecule has 0 aromatic heterocycles. The molecule has 1 heterocycles. The van der Waals surface area contributed by atoms with E-state index in [-0.39, 0.29) is 0 Å². The van der Waals surface area contributed by atoms with Crippen molar-refractivity contribution in [1.29, 1.82) is 0 Å². The number of benzene rings is 1. The summed E-state index contributed by atoms with van der Waals surface area (Å²) in [5, 5.41) is 0. The van der Waals surface area contributed by atoms with E-state index in [1.807, 2.05) is 52.0 Å². The minimum Gasteiger partial charge on any atom is -0.468 e. The summed E-state index contributed by atoms with van der Waals surface area (Å²) >= 11 is 0. The number of hydrogen-bond donors (Lipinski definition) is 0. The Morgan fingerprint density at radius 3 is 2.31 bits per heavy atom. The molecule has 26 heavy (non-hydrogen) atoms. The van der Waals surface area contributed by atoms with Gasteiger partial charge < -0.3 is 9.47 Å². The highest BCUT2D eigenvalue weighted by Crippen LogP contribution is 2.40. The first-order valence-electron chi connectivity index (χ1n) is 8.69. The van der Waals surface area contributed by atoms with Crippen LogP contribution in [-0.2, 0) is 19.1 Å². The first kappa shape index (κ1) is 19.9. The number of nitrogens with zero attached hydrogens (tertiary/aromatic N) is 1. The summed E-state index contributed by atoms with van der Waals surface area (Å²) in [5.74, 6) is -2.01. The van der Waals surface area contributed by atoms with Gasteiger partial charge in [0.2, 0.25) is 0 Å². The first-order chi connectivity index (χ1) is 12.0. The first-order valence-corrected chi connectivity index (χ1v) is 8.69. The molecule has 0 aliphatic carbocycles. The summed E-state index contributed by atoms with van der Waals surface area (Å²) in [6, 6.07) is 7.80. The Hall–Kier alpha value is -2.43. The number of aliphatic imine (C=N–C) groups is 1. The van der Waals surface area contributed by atoms with Gasteiger partial charge in [-0.2, -0.15) is 0 Å². The lowest BCUT2D eigenvalue weighted by molar-refractivity contribution is -0.150. The molecule has 0 saturated heterocycles. The number of esters is 2. The van der Waals surface area contributed by atoms with Crippen molar-refractivity contribution < 1.29 is 19.1 Å². The van der Waals surface area contributed by atoms with Crippen molar-refractivity contribution in [2.45, 2.75) is 53.1 Å². The van der Waals surface area contributed by atoms with Crippen LogP contribution in [0, 0.1) is 12.8 Å². The van der Waals surface area contributed by atoms with E-state index in [9.17, 15) is 9.59 Å². The quantitative estimate of drug-likeness (QED) is 0.768. The van der Waals surface area contributed by atoms with Crippen molar-refractivity contribution in [2.24, 2.45) is 10.9 Å². The molecular weight excluding hydrogens is 330 g/mol. The highest BCUT2D eigenvalue weighted by molar-refractivity contribution is 6.07. The SMILES string of the molecule is COC(=O)C1C(C)=NC(C)=C(C(=O)OC(C)(C)C)C1c1cccc(C)c1. The Labute approximate surface area is 155 Å². The van der Waals surface area contributed by atoms with Crippen LogP contribution < -0.4 is 0 Å². The van der Waals surface area contributed by atoms with E-state index in [1.165, 1.54) is 7.11 Å². The van der Waals surface area contributed by atoms with E-state index in [1.54, 1.807) is 13.8 Å². The van der Waals surface area contributed by atoms with Crippen molar-refractivity contribution >= 4 is 17.7 Å². The minimum absolute atomic E-state index is 0.409. The number of methoxy groups -OCH3 is 1. The van der Waals surface area contributed by atoms with Crippen LogP contribution in [0.3, 0.4) is 0 Å². The lowest BCUT2D eigenvalue weighted by Gasteiger charge is -2.32. The van der Waals surface area contributed by atoms with Crippen LogP contribution in [0.2, 0.25) is 0 Å². The molecule has 1 aliphatic rings. The van der Waals surface area contributed by atoms with Crippen LogP contribution in [0.1, 0.15) is 51.7 Å². The molecule has 5 nitrogen and oxygen atoms in total. The van der Waals surface area contributed by atoms with Crippen molar-refractivity contribution in [3.63, 3.8) is 0 Å². The van der Waals surface area contributed by atoms with E-state index in [0.717, 1.165) is 11.1 Å². The van der Waals surface area contributed by atoms with E-state index < -0.39 is 29.4 Å². The maximum Gasteiger partial charge on any atom is 0.337 e. The number of aryl methyl sites for hydroxylation is 1. The third-order valence-corrected chi connectivity index (χ3v) is 4.30. The predicted octanol–water partition coefficient (Wildman–Crippen LogP) is 3.96. The summed E-state index contributed by atoms with van der Waals surface area (Å²) < 4.78 is 10.6. The molecule has 0 spiro atoms. The van der Waals surface area contributed by atoms with Crippen molar-refractivity contribution in [3.05, 3.63) is 46.7 Å². The van der Waals surface area contributed by atoms with Gasteiger partial charge >= 0.3 is 11.9 Å². The van der Waals surface area contributed by atoms with Gasteiger partial charge in [0.05, 0.1) is 12.7 Å². The summed E-state index contributed by atoms with van der Waals surface area (Å²) in [5.41, 5.74) is 2.89. The Morgan fingerprint density at radius 2 is 1.77 bits per heavy atom. The van der Waals surface area contributed by atoms with Crippen molar-refractivity contribution in [1.82, 2.24) is 0 Å². The van der Waals surface area contributed by atoms with Crippen molar-refractivity contribution in [3.8, 4) is 0 Å². The van der Waals surface area contributed by atoms with Gasteiger partial charge in [-0.15, -0.1) is 0 Å². The van der Waals surface area contributed by atoms with Crippen molar-refractivity contribution in [2.75, 3.05) is 7.11 Å². The fourth-order valence-corrected chi connectivity index (χ4v) is 3.29. The number of rotatable bonds is 3. The summed E-state index contributed by atoms with van der Waals surface area (Å²) in [6.07, 6.45) is 0. The number of allylic oxidation sites excluding steroid dienone is 1. The molecule has 2 atom stereocenters. The molecule has 0 bridgehead atoms. The largest absolute Gasteiger partial charge is 0.468 e. The normalized spacial score (nSPS) is 20.5. The fraction of sp³-hybridized carbons (Fsp3) is 0.476. The highest BCUT2D eigenvalue weighted by atomic mass is 16.6. The zero-order chi connectivity index (χ0) is 19.6. The van der Waals surface area contributed by atoms with Gasteiger partial charge in [0.15, 0.2) is 0 Å². The van der Waals surface area contributed by atoms with E-state index in [0.29, 0.717) is 17.0 Å². The summed E-state index contributed by atoms with van der Waals surface area (Å²) in [4.78, 5) is 29.9. The van der Waals surface area contributed by atoms with Gasteiger partial charge in [-0.1, -0.05) is 29.8 Å². The van der Waals surface area contributed by atoms with E-state index in [2.05, 4.69) is 4.99 Å². The maximum absolute atomic E-state index is 13.0. The molecule has 5 heteroatoms. The molecule has 1 aromatic carbocycles. The summed E-state index contributed by atoms with van der Waals surface area (Å²) in [6.45, 7) is 11.0. The van der Waals surface area contributed by atoms with Gasteiger partial charge in [-0.3, -0.25) is 9.79 Å². The smallest absolute Gasteiger partial charge is 0.337 e. The molecule has 2 unspecified atom stereocenters. The maximum atomic E-state index is 13.0. The summed E-state index contributed by atoms with van der Waals surface area (Å²) in [7, 11) is 1.35. The minimum atomic E-state index is -0.659. The zero-order valence-electron chi connectivity index (χ0n) is 16.5. The molecule has 0 amide bonds. The van der Waals surface area contributed by atoms with E-state index in [4.69, 9.17) is 9.47 Å². The zero-order valence-corrected chi connectivity index (χ0v) is 16.5. The highest BCUT2D eigenvalue weighted by Gasteiger charge is 2.42. The van der Waals surface area contributed by atoms with Gasteiger partial charge in [0.1, 0.15) is 11.5 Å². The van der Waals surface area contributed by atoms with Crippen LogP contribution in [0.15, 0.2) is 40.5 Å². The molecule has 0 fully saturated rings. The Bertz CT molecular complexity index is 783. The second kappa shape index (κ2) is 7.44. The van der Waals surface area contributed by atoms with Crippen LogP contribution in [0.25, 0.3) is 0 Å². The molecular formula is C21H27NO4. The number of hydrogen-bond acceptors (Lipinski definition) is 5. The van der Waals surface area contributed by atoms with E-state index >= 15 is 0 Å². The molecule has 2 rings (SSSR count). The molecule has 0 saturated carbocycles. The number of ether oxygens (including phenoxy) is 2. The van der Waals surface area contributed by atoms with Crippen LogP contribution in [0.4, 0.5) is 0 Å². The van der Waals surface area contributed by atoms with Gasteiger partial charge in [-0.05, 0) is 47.1 Å². The molecule has 1 aromatic rings. The fourth-order valence-electron chi connectivity index (χ4n) is 3.29. The molecule has 1 aliphatic heterocycles. The molecule has 0 N–H and O–H groups in total. The number of carbonyl (C=O) groups excluding carboxylic acids is 2. The second-order valence-electron chi connectivity index (χ2n) is 7.65. The Balaban J connectivity index is 2.64. The van der Waals surface area contributed by atoms with Gasteiger partial charge in [0.25, 0.3) is 0 Å². The second-order valence-corrected chi connectivity index (χ2v) is 7.65. The lowest BCUT2D eigenvalue weighted by atomic mass is 9.75. The van der Waals surface area contributed by atoms with Gasteiger partial charge in [0, 0.05) is 17.3 Å². The van der Waals surface area contributed by atoms with Gasteiger partial charge in [-0.25, -0.2) is 4.79 Å². The average Bonchev–Trinajstić information content (AvgIpc) is 2.51. The van der Waals surface area contributed by atoms with Crippen LogP contribution in [-0.4, -0.2) is 30.4 Å². The third-order valence-electron chi connectivity index (χ3n) is 4.30. The Morgan fingerprint density at radius 1 is 1.12 bits per heavy atom. The topological polar surface area (TPSA) is 65.0 Å². The van der Waals surface area contributed by atoms with Crippen LogP contribution in [0.5, 0.6) is 0 Å². The third kappa shape index (κ3) is 4.21. The van der Waals surface area contributed by atoms with Crippen LogP contribution >= 0.6 is 0 Å². The standard InChI is InChI=1S/C21H27NO4/c1-12-9-8-10-15(11-12)18-16(19(23)25-7)13(2)22-14(3)17(18)20(24)26-21(4,5)6/h8-11,16,18H,1-7H3.